The predicted molar refractivity (Wildman–Crippen MR) is 105 cm³/mol. The number of benzene rings is 2. The molecule has 3 rings (SSSR count). The number of hydrogen-bond acceptors (Lipinski definition) is 4. The molecule has 0 aliphatic heterocycles. The van der Waals surface area contributed by atoms with Crippen LogP contribution in [0.1, 0.15) is 22.5 Å². The lowest BCUT2D eigenvalue weighted by molar-refractivity contribution is -0.121. The first-order valence-corrected chi connectivity index (χ1v) is 8.70. The lowest BCUT2D eigenvalue weighted by atomic mass is 10.2. The van der Waals surface area contributed by atoms with Gasteiger partial charge in [0.05, 0.1) is 11.9 Å². The van der Waals surface area contributed by atoms with E-state index < -0.39 is 0 Å². The van der Waals surface area contributed by atoms with Crippen LogP contribution in [0.15, 0.2) is 65.8 Å². The number of carbonyl (C=O) groups is 1. The molecule has 0 saturated carbocycles. The highest BCUT2D eigenvalue weighted by atomic mass is 16.5. The normalized spacial score (nSPS) is 10.9. The molecule has 1 N–H and O–H groups in total. The number of carbonyl (C=O) groups excluding carboxylic acids is 1. The Morgan fingerprint density at radius 1 is 1.15 bits per heavy atom. The summed E-state index contributed by atoms with van der Waals surface area (Å²) in [5, 5.41) is 8.25. The van der Waals surface area contributed by atoms with Crippen LogP contribution in [-0.2, 0) is 17.9 Å². The Kier molecular flexibility index (Phi) is 5.99. The van der Waals surface area contributed by atoms with Gasteiger partial charge in [-0.15, -0.1) is 0 Å². The van der Waals surface area contributed by atoms with Gasteiger partial charge in [0.15, 0.2) is 0 Å². The minimum Gasteiger partial charge on any atom is -0.489 e. The zero-order valence-corrected chi connectivity index (χ0v) is 15.4. The molecule has 6 nitrogen and oxygen atoms in total. The number of rotatable bonds is 7. The Morgan fingerprint density at radius 2 is 1.89 bits per heavy atom. The van der Waals surface area contributed by atoms with Gasteiger partial charge in [-0.3, -0.25) is 9.48 Å². The quantitative estimate of drug-likeness (QED) is 0.518. The van der Waals surface area contributed by atoms with Gasteiger partial charge in [-0.2, -0.15) is 10.2 Å². The van der Waals surface area contributed by atoms with E-state index in [-0.39, 0.29) is 12.5 Å². The number of hydrogen-bond donors (Lipinski definition) is 1. The second-order valence-electron chi connectivity index (χ2n) is 6.22. The third kappa shape index (κ3) is 5.54. The van der Waals surface area contributed by atoms with Crippen LogP contribution in [0.25, 0.3) is 0 Å². The molecule has 0 unspecified atom stereocenters. The molecule has 3 aromatic rings. The van der Waals surface area contributed by atoms with E-state index in [1.54, 1.807) is 10.9 Å². The topological polar surface area (TPSA) is 68.5 Å². The fourth-order valence-electron chi connectivity index (χ4n) is 2.58. The number of aryl methyl sites for hydroxylation is 2. The molecule has 138 valence electrons. The highest BCUT2D eigenvalue weighted by molar-refractivity contribution is 5.82. The monoisotopic (exact) mass is 362 g/mol. The molecule has 0 fully saturated rings. The zero-order valence-electron chi connectivity index (χ0n) is 15.4. The maximum Gasteiger partial charge on any atom is 0.261 e. The van der Waals surface area contributed by atoms with Gasteiger partial charge in [0, 0.05) is 5.69 Å². The van der Waals surface area contributed by atoms with Crippen molar-refractivity contribution >= 4 is 12.1 Å². The molecule has 6 heteroatoms. The van der Waals surface area contributed by atoms with E-state index in [1.165, 1.54) is 0 Å². The van der Waals surface area contributed by atoms with Crippen LogP contribution in [0, 0.1) is 13.8 Å². The Morgan fingerprint density at radius 3 is 2.56 bits per heavy atom. The van der Waals surface area contributed by atoms with Crippen molar-refractivity contribution in [2.24, 2.45) is 5.10 Å². The van der Waals surface area contributed by atoms with Gasteiger partial charge in [-0.1, -0.05) is 30.3 Å². The molecule has 1 amide bonds. The SMILES string of the molecule is Cc1cc(C)n(CC(=O)N/N=C/c2ccc(OCc3ccccc3)cc2)n1. The van der Waals surface area contributed by atoms with Gasteiger partial charge in [0.25, 0.3) is 5.91 Å². The largest absolute Gasteiger partial charge is 0.489 e. The van der Waals surface area contributed by atoms with Crippen molar-refractivity contribution in [3.63, 3.8) is 0 Å². The van der Waals surface area contributed by atoms with Crippen LogP contribution in [0.5, 0.6) is 5.75 Å². The van der Waals surface area contributed by atoms with Gasteiger partial charge in [-0.25, -0.2) is 5.43 Å². The van der Waals surface area contributed by atoms with E-state index in [1.807, 2.05) is 74.5 Å². The summed E-state index contributed by atoms with van der Waals surface area (Å²) in [5.41, 5.74) is 6.33. The number of nitrogens with one attached hydrogen (secondary N) is 1. The highest BCUT2D eigenvalue weighted by Crippen LogP contribution is 2.13. The Labute approximate surface area is 158 Å². The minimum absolute atomic E-state index is 0.142. The second-order valence-corrected chi connectivity index (χ2v) is 6.22. The van der Waals surface area contributed by atoms with Crippen molar-refractivity contribution in [3.05, 3.63) is 83.2 Å². The Bertz CT molecular complexity index is 915. The van der Waals surface area contributed by atoms with Gasteiger partial charge < -0.3 is 4.74 Å². The molecule has 0 radical (unpaired) electrons. The number of nitrogens with zero attached hydrogens (tertiary/aromatic N) is 3. The van der Waals surface area contributed by atoms with E-state index in [0.29, 0.717) is 6.61 Å². The van der Waals surface area contributed by atoms with Crippen molar-refractivity contribution in [1.29, 1.82) is 0 Å². The van der Waals surface area contributed by atoms with Crippen molar-refractivity contribution in [3.8, 4) is 5.75 Å². The van der Waals surface area contributed by atoms with Gasteiger partial charge >= 0.3 is 0 Å². The third-order valence-electron chi connectivity index (χ3n) is 3.93. The molecule has 27 heavy (non-hydrogen) atoms. The minimum atomic E-state index is -0.222. The number of aromatic nitrogens is 2. The van der Waals surface area contributed by atoms with Crippen LogP contribution in [0.2, 0.25) is 0 Å². The average Bonchev–Trinajstić information content (AvgIpc) is 2.99. The van der Waals surface area contributed by atoms with Gasteiger partial charge in [-0.05, 0) is 55.3 Å². The molecular weight excluding hydrogens is 340 g/mol. The van der Waals surface area contributed by atoms with Crippen molar-refractivity contribution in [2.75, 3.05) is 0 Å². The van der Waals surface area contributed by atoms with E-state index in [0.717, 1.165) is 28.3 Å². The van der Waals surface area contributed by atoms with E-state index >= 15 is 0 Å². The molecule has 2 aromatic carbocycles. The first-order valence-electron chi connectivity index (χ1n) is 8.70. The molecule has 1 aromatic heterocycles. The van der Waals surface area contributed by atoms with Crippen molar-refractivity contribution in [2.45, 2.75) is 27.0 Å². The smallest absolute Gasteiger partial charge is 0.261 e. The first kappa shape index (κ1) is 18.4. The summed E-state index contributed by atoms with van der Waals surface area (Å²) in [6.07, 6.45) is 1.60. The fourth-order valence-corrected chi connectivity index (χ4v) is 2.58. The standard InChI is InChI=1S/C21H22N4O2/c1-16-12-17(2)25(24-16)14-21(26)23-22-13-18-8-10-20(11-9-18)27-15-19-6-4-3-5-7-19/h3-13H,14-15H2,1-2H3,(H,23,26)/b22-13+. The summed E-state index contributed by atoms with van der Waals surface area (Å²) >= 11 is 0. The first-order chi connectivity index (χ1) is 13.1. The Balaban J connectivity index is 1.47. The second kappa shape index (κ2) is 8.80. The maximum absolute atomic E-state index is 11.9. The molecule has 0 aliphatic rings. The Hall–Kier alpha value is -3.41. The summed E-state index contributed by atoms with van der Waals surface area (Å²) in [4.78, 5) is 11.9. The van der Waals surface area contributed by atoms with Gasteiger partial charge in [0.1, 0.15) is 18.9 Å². The molecule has 0 saturated heterocycles. The van der Waals surface area contributed by atoms with Crippen LogP contribution < -0.4 is 10.2 Å². The number of amides is 1. The lowest BCUT2D eigenvalue weighted by Gasteiger charge is -2.06. The third-order valence-corrected chi connectivity index (χ3v) is 3.93. The molecular formula is C21H22N4O2. The molecule has 0 bridgehead atoms. The molecule has 0 spiro atoms. The van der Waals surface area contributed by atoms with E-state index in [9.17, 15) is 4.79 Å². The summed E-state index contributed by atoms with van der Waals surface area (Å²) in [5.74, 6) is 0.560. The maximum atomic E-state index is 11.9. The number of ether oxygens (including phenoxy) is 1. The fraction of sp³-hybridized carbons (Fsp3) is 0.190. The van der Waals surface area contributed by atoms with E-state index in [2.05, 4.69) is 15.6 Å². The summed E-state index contributed by atoms with van der Waals surface area (Å²) in [6, 6.07) is 19.5. The predicted octanol–water partition coefficient (Wildman–Crippen LogP) is 3.23. The summed E-state index contributed by atoms with van der Waals surface area (Å²) in [7, 11) is 0. The summed E-state index contributed by atoms with van der Waals surface area (Å²) < 4.78 is 7.40. The van der Waals surface area contributed by atoms with Crippen molar-refractivity contribution in [1.82, 2.24) is 15.2 Å². The van der Waals surface area contributed by atoms with Crippen molar-refractivity contribution < 1.29 is 9.53 Å². The lowest BCUT2D eigenvalue weighted by Crippen LogP contribution is -2.24. The summed E-state index contributed by atoms with van der Waals surface area (Å²) in [6.45, 7) is 4.48. The number of hydrazone groups is 1. The highest BCUT2D eigenvalue weighted by Gasteiger charge is 2.05. The van der Waals surface area contributed by atoms with E-state index in [4.69, 9.17) is 4.74 Å². The molecule has 0 aliphatic carbocycles. The molecule has 0 atom stereocenters. The van der Waals surface area contributed by atoms with Crippen LogP contribution in [-0.4, -0.2) is 21.9 Å². The van der Waals surface area contributed by atoms with Crippen LogP contribution in [0.3, 0.4) is 0 Å². The van der Waals surface area contributed by atoms with Gasteiger partial charge in [0.2, 0.25) is 0 Å². The van der Waals surface area contributed by atoms with Crippen LogP contribution in [0.4, 0.5) is 0 Å². The molecule has 1 heterocycles. The van der Waals surface area contributed by atoms with Crippen LogP contribution >= 0.6 is 0 Å². The zero-order chi connectivity index (χ0) is 19.1. The average molecular weight is 362 g/mol.